The van der Waals surface area contributed by atoms with E-state index in [9.17, 15) is 0 Å². The molecule has 1 aromatic heterocycles. The quantitative estimate of drug-likeness (QED) is 0.703. The summed E-state index contributed by atoms with van der Waals surface area (Å²) in [7, 11) is 1.98. The molecule has 118 valence electrons. The van der Waals surface area contributed by atoms with Gasteiger partial charge in [-0.1, -0.05) is 41.4 Å². The number of hydrogen-bond donors (Lipinski definition) is 1. The highest BCUT2D eigenvalue weighted by Crippen LogP contribution is 2.30. The van der Waals surface area contributed by atoms with Crippen molar-refractivity contribution < 1.29 is 0 Å². The molecule has 2 nitrogen and oxygen atoms in total. The molecule has 0 saturated heterocycles. The van der Waals surface area contributed by atoms with Crippen molar-refractivity contribution in [3.05, 3.63) is 76.4 Å². The zero-order valence-electron chi connectivity index (χ0n) is 13.7. The van der Waals surface area contributed by atoms with Crippen molar-refractivity contribution in [2.75, 3.05) is 7.05 Å². The molecule has 0 fully saturated rings. The Hall–Kier alpha value is -2.03. The van der Waals surface area contributed by atoms with E-state index in [0.717, 1.165) is 11.6 Å². The van der Waals surface area contributed by atoms with Gasteiger partial charge >= 0.3 is 0 Å². The van der Waals surface area contributed by atoms with Crippen LogP contribution in [0.4, 0.5) is 0 Å². The molecule has 1 heterocycles. The van der Waals surface area contributed by atoms with E-state index in [-0.39, 0.29) is 0 Å². The highest BCUT2D eigenvalue weighted by atomic mass is 35.5. The molecular weight excluding hydrogens is 304 g/mol. The third-order valence-electron chi connectivity index (χ3n) is 4.15. The fourth-order valence-electron chi connectivity index (χ4n) is 2.89. The number of halogens is 1. The van der Waals surface area contributed by atoms with Crippen molar-refractivity contribution in [3.8, 4) is 16.9 Å². The van der Waals surface area contributed by atoms with E-state index in [0.29, 0.717) is 0 Å². The van der Waals surface area contributed by atoms with E-state index in [1.165, 1.54) is 33.8 Å². The molecule has 0 bridgehead atoms. The standard InChI is InChI=1S/C20H21ClN2/c1-14-4-10-19(11-5-14)23-15(2)17(13-22-3)12-20(23)16-6-8-18(21)9-7-16/h4-12,22H,13H2,1-3H3. The third-order valence-corrected chi connectivity index (χ3v) is 4.40. The number of benzene rings is 2. The van der Waals surface area contributed by atoms with E-state index >= 15 is 0 Å². The van der Waals surface area contributed by atoms with Crippen LogP contribution in [0.3, 0.4) is 0 Å². The minimum absolute atomic E-state index is 0.759. The van der Waals surface area contributed by atoms with E-state index in [1.807, 2.05) is 19.2 Å². The number of rotatable bonds is 4. The fourth-order valence-corrected chi connectivity index (χ4v) is 3.01. The second-order valence-corrected chi connectivity index (χ2v) is 6.28. The predicted molar refractivity (Wildman–Crippen MR) is 98.5 cm³/mol. The van der Waals surface area contributed by atoms with Gasteiger partial charge in [0.25, 0.3) is 0 Å². The zero-order chi connectivity index (χ0) is 16.4. The molecule has 0 aliphatic carbocycles. The normalized spacial score (nSPS) is 11.0. The first-order chi connectivity index (χ1) is 11.1. The lowest BCUT2D eigenvalue weighted by molar-refractivity contribution is 0.807. The van der Waals surface area contributed by atoms with Crippen LogP contribution < -0.4 is 5.32 Å². The summed E-state index contributed by atoms with van der Waals surface area (Å²) in [5, 5.41) is 4.01. The predicted octanol–water partition coefficient (Wildman–Crippen LogP) is 5.13. The van der Waals surface area contributed by atoms with Crippen LogP contribution in [-0.2, 0) is 6.54 Å². The summed E-state index contributed by atoms with van der Waals surface area (Å²) >= 11 is 6.04. The van der Waals surface area contributed by atoms with Gasteiger partial charge in [0.2, 0.25) is 0 Å². The van der Waals surface area contributed by atoms with Crippen LogP contribution in [0, 0.1) is 13.8 Å². The van der Waals surface area contributed by atoms with Crippen molar-refractivity contribution >= 4 is 11.6 Å². The molecular formula is C20H21ClN2. The van der Waals surface area contributed by atoms with Crippen molar-refractivity contribution in [3.63, 3.8) is 0 Å². The first-order valence-corrected chi connectivity index (χ1v) is 8.16. The Labute approximate surface area is 142 Å². The van der Waals surface area contributed by atoms with E-state index in [2.05, 4.69) is 66.2 Å². The van der Waals surface area contributed by atoms with Gasteiger partial charge in [-0.25, -0.2) is 0 Å². The maximum atomic E-state index is 6.04. The van der Waals surface area contributed by atoms with Crippen LogP contribution in [0.5, 0.6) is 0 Å². The summed E-state index contributed by atoms with van der Waals surface area (Å²) in [6.07, 6.45) is 0. The fraction of sp³-hybridized carbons (Fsp3) is 0.200. The van der Waals surface area contributed by atoms with E-state index < -0.39 is 0 Å². The van der Waals surface area contributed by atoms with E-state index in [1.54, 1.807) is 0 Å². The lowest BCUT2D eigenvalue weighted by Gasteiger charge is -2.13. The van der Waals surface area contributed by atoms with Crippen LogP contribution in [0.25, 0.3) is 16.9 Å². The van der Waals surface area contributed by atoms with Crippen LogP contribution >= 0.6 is 11.6 Å². The van der Waals surface area contributed by atoms with Gasteiger partial charge in [0, 0.05) is 22.9 Å². The minimum atomic E-state index is 0.759. The van der Waals surface area contributed by atoms with Crippen LogP contribution in [0.1, 0.15) is 16.8 Å². The van der Waals surface area contributed by atoms with Gasteiger partial charge in [0.05, 0.1) is 5.69 Å². The number of hydrogen-bond acceptors (Lipinski definition) is 1. The average Bonchev–Trinajstić information content (AvgIpc) is 2.86. The first-order valence-electron chi connectivity index (χ1n) is 7.79. The summed E-state index contributed by atoms with van der Waals surface area (Å²) < 4.78 is 2.31. The highest BCUT2D eigenvalue weighted by Gasteiger charge is 2.14. The molecule has 3 aromatic rings. The van der Waals surface area contributed by atoms with Gasteiger partial charge < -0.3 is 9.88 Å². The van der Waals surface area contributed by atoms with Gasteiger partial charge in [0.15, 0.2) is 0 Å². The Balaban J connectivity index is 2.19. The molecule has 0 aliphatic heterocycles. The van der Waals surface area contributed by atoms with Crippen LogP contribution in [0.2, 0.25) is 5.02 Å². The van der Waals surface area contributed by atoms with Crippen LogP contribution in [0.15, 0.2) is 54.6 Å². The van der Waals surface area contributed by atoms with Crippen LogP contribution in [-0.4, -0.2) is 11.6 Å². The zero-order valence-corrected chi connectivity index (χ0v) is 14.5. The molecule has 0 aliphatic rings. The number of aromatic nitrogens is 1. The Morgan fingerprint density at radius 2 is 1.61 bits per heavy atom. The molecule has 2 aromatic carbocycles. The molecule has 0 saturated carbocycles. The summed E-state index contributed by atoms with van der Waals surface area (Å²) in [6.45, 7) is 5.13. The summed E-state index contributed by atoms with van der Waals surface area (Å²) in [6, 6.07) is 18.9. The number of aryl methyl sites for hydroxylation is 1. The first kappa shape index (κ1) is 15.9. The Kier molecular flexibility index (Phi) is 4.56. The Morgan fingerprint density at radius 1 is 0.957 bits per heavy atom. The van der Waals surface area contributed by atoms with Crippen molar-refractivity contribution in [2.24, 2.45) is 0 Å². The molecule has 1 N–H and O–H groups in total. The van der Waals surface area contributed by atoms with Crippen molar-refractivity contribution in [2.45, 2.75) is 20.4 Å². The number of nitrogens with one attached hydrogen (secondary N) is 1. The second kappa shape index (κ2) is 6.61. The molecule has 0 atom stereocenters. The summed E-state index contributed by atoms with van der Waals surface area (Å²) in [4.78, 5) is 0. The SMILES string of the molecule is CNCc1cc(-c2ccc(Cl)cc2)n(-c2ccc(C)cc2)c1C. The molecule has 0 radical (unpaired) electrons. The molecule has 3 rings (SSSR count). The number of nitrogens with zero attached hydrogens (tertiary/aromatic N) is 1. The molecule has 0 spiro atoms. The van der Waals surface area contributed by atoms with E-state index in [4.69, 9.17) is 11.6 Å². The maximum Gasteiger partial charge on any atom is 0.0534 e. The molecule has 0 amide bonds. The lowest BCUT2D eigenvalue weighted by atomic mass is 10.1. The molecule has 23 heavy (non-hydrogen) atoms. The molecule has 3 heteroatoms. The summed E-state index contributed by atoms with van der Waals surface area (Å²) in [5.74, 6) is 0. The second-order valence-electron chi connectivity index (χ2n) is 5.85. The van der Waals surface area contributed by atoms with Gasteiger partial charge in [-0.3, -0.25) is 0 Å². The Morgan fingerprint density at radius 3 is 2.22 bits per heavy atom. The van der Waals surface area contributed by atoms with Crippen molar-refractivity contribution in [1.82, 2.24) is 9.88 Å². The topological polar surface area (TPSA) is 17.0 Å². The lowest BCUT2D eigenvalue weighted by Crippen LogP contribution is -2.06. The van der Waals surface area contributed by atoms with Gasteiger partial charge in [-0.2, -0.15) is 0 Å². The smallest absolute Gasteiger partial charge is 0.0534 e. The van der Waals surface area contributed by atoms with Gasteiger partial charge in [0.1, 0.15) is 0 Å². The monoisotopic (exact) mass is 324 g/mol. The van der Waals surface area contributed by atoms with Crippen molar-refractivity contribution in [1.29, 1.82) is 0 Å². The van der Waals surface area contributed by atoms with Gasteiger partial charge in [-0.15, -0.1) is 0 Å². The Bertz CT molecular complexity index is 799. The highest BCUT2D eigenvalue weighted by molar-refractivity contribution is 6.30. The van der Waals surface area contributed by atoms with Gasteiger partial charge in [-0.05, 0) is 62.4 Å². The summed E-state index contributed by atoms with van der Waals surface area (Å²) in [5.41, 5.74) is 7.36. The largest absolute Gasteiger partial charge is 0.316 e. The average molecular weight is 325 g/mol. The molecule has 0 unspecified atom stereocenters. The maximum absolute atomic E-state index is 6.04. The minimum Gasteiger partial charge on any atom is -0.316 e. The third kappa shape index (κ3) is 3.19.